The molecule has 0 N–H and O–H groups in total. The molecular weight excluding hydrogens is 292 g/mol. The molecule has 108 valence electrons. The van der Waals surface area contributed by atoms with Crippen molar-refractivity contribution in [1.82, 2.24) is 4.31 Å². The summed E-state index contributed by atoms with van der Waals surface area (Å²) in [7, 11) is -2.88. The molecule has 0 aliphatic heterocycles. The number of benzene rings is 1. The monoisotopic (exact) mass is 308 g/mol. The largest absolute Gasteiger partial charge is 0.497 e. The first-order valence-corrected chi connectivity index (χ1v) is 8.40. The highest BCUT2D eigenvalue weighted by Crippen LogP contribution is 2.19. The van der Waals surface area contributed by atoms with E-state index in [1.54, 1.807) is 12.1 Å². The number of methoxy groups -OCH3 is 1. The fourth-order valence-corrected chi connectivity index (χ4v) is 3.37. The molecule has 0 saturated carbocycles. The Morgan fingerprint density at radius 2 is 1.53 bits per heavy atom. The molecule has 0 fully saturated rings. The van der Waals surface area contributed by atoms with Crippen LogP contribution >= 0.6 is 0 Å². The summed E-state index contributed by atoms with van der Waals surface area (Å²) >= 11 is 0. The van der Waals surface area contributed by atoms with E-state index in [1.807, 2.05) is 0 Å². The maximum absolute atomic E-state index is 11.9. The third-order valence-corrected chi connectivity index (χ3v) is 5.76. The van der Waals surface area contributed by atoms with Crippen molar-refractivity contribution in [3.05, 3.63) is 24.3 Å². The number of ether oxygens (including phenoxy) is 1. The molecule has 0 spiro atoms. The van der Waals surface area contributed by atoms with Crippen molar-refractivity contribution in [2.24, 2.45) is 3.77 Å². The molecule has 1 aromatic carbocycles. The highest BCUT2D eigenvalue weighted by atomic mass is 32.3. The second kappa shape index (κ2) is 5.76. The molecule has 0 radical (unpaired) electrons. The fourth-order valence-electron chi connectivity index (χ4n) is 1.00. The van der Waals surface area contributed by atoms with Crippen molar-refractivity contribution in [3.8, 4) is 11.5 Å². The standard InChI is InChI=1S/C10H16N2O5S2/c1-12(2)18(4,13)11-19(14,15)17-10-7-5-9(16-3)6-8-10/h5-8H,1-4H3. The molecule has 9 heteroatoms. The molecular formula is C10H16N2O5S2. The minimum Gasteiger partial charge on any atom is -0.497 e. The van der Waals surface area contributed by atoms with Crippen molar-refractivity contribution in [3.63, 3.8) is 0 Å². The highest BCUT2D eigenvalue weighted by Gasteiger charge is 2.16. The van der Waals surface area contributed by atoms with Gasteiger partial charge in [0.25, 0.3) is 0 Å². The zero-order valence-electron chi connectivity index (χ0n) is 11.1. The highest BCUT2D eigenvalue weighted by molar-refractivity contribution is 7.99. The van der Waals surface area contributed by atoms with E-state index in [4.69, 9.17) is 8.92 Å². The minimum absolute atomic E-state index is 0.0681. The maximum Gasteiger partial charge on any atom is 0.437 e. The van der Waals surface area contributed by atoms with Gasteiger partial charge < -0.3 is 8.92 Å². The quantitative estimate of drug-likeness (QED) is 0.806. The normalized spacial score (nSPS) is 14.8. The number of hydrogen-bond acceptors (Lipinski definition) is 5. The van der Waals surface area contributed by atoms with Crippen LogP contribution in [-0.2, 0) is 20.2 Å². The first kappa shape index (κ1) is 15.7. The topological polar surface area (TPSA) is 85.3 Å². The predicted octanol–water partition coefficient (Wildman–Crippen LogP) is 0.893. The van der Waals surface area contributed by atoms with Gasteiger partial charge in [0.05, 0.1) is 7.11 Å². The average Bonchev–Trinajstić information content (AvgIpc) is 2.27. The third kappa shape index (κ3) is 4.69. The lowest BCUT2D eigenvalue weighted by atomic mass is 10.3. The van der Waals surface area contributed by atoms with Crippen LogP contribution in [0.5, 0.6) is 11.5 Å². The molecule has 0 heterocycles. The summed E-state index contributed by atoms with van der Waals surface area (Å²) in [4.78, 5) is 0. The second-order valence-electron chi connectivity index (χ2n) is 3.84. The molecule has 0 aliphatic carbocycles. The summed E-state index contributed by atoms with van der Waals surface area (Å²) in [5.74, 6) is 0.632. The van der Waals surface area contributed by atoms with E-state index in [9.17, 15) is 12.6 Å². The van der Waals surface area contributed by atoms with E-state index in [2.05, 4.69) is 3.77 Å². The van der Waals surface area contributed by atoms with Crippen LogP contribution in [-0.4, -0.2) is 44.4 Å². The Morgan fingerprint density at radius 1 is 1.05 bits per heavy atom. The van der Waals surface area contributed by atoms with E-state index in [-0.39, 0.29) is 5.75 Å². The van der Waals surface area contributed by atoms with Gasteiger partial charge in [0, 0.05) is 20.4 Å². The molecule has 7 nitrogen and oxygen atoms in total. The maximum atomic E-state index is 11.9. The summed E-state index contributed by atoms with van der Waals surface area (Å²) in [5.41, 5.74) is 0. The molecule has 0 saturated heterocycles. The van der Waals surface area contributed by atoms with Gasteiger partial charge in [-0.3, -0.25) is 0 Å². The molecule has 1 rings (SSSR count). The van der Waals surface area contributed by atoms with Crippen LogP contribution in [0.25, 0.3) is 0 Å². The zero-order chi connectivity index (χ0) is 14.7. The van der Waals surface area contributed by atoms with Gasteiger partial charge >= 0.3 is 10.3 Å². The Hall–Kier alpha value is -1.32. The van der Waals surface area contributed by atoms with Crippen molar-refractivity contribution in [2.45, 2.75) is 0 Å². The van der Waals surface area contributed by atoms with Gasteiger partial charge in [0.15, 0.2) is 0 Å². The molecule has 0 aromatic heterocycles. The van der Waals surface area contributed by atoms with Crippen LogP contribution in [0.1, 0.15) is 0 Å². The molecule has 19 heavy (non-hydrogen) atoms. The van der Waals surface area contributed by atoms with Crippen molar-refractivity contribution < 1.29 is 21.5 Å². The SMILES string of the molecule is COc1ccc(OS(=O)(=O)N=S(C)(=O)N(C)C)cc1. The Labute approximate surface area is 113 Å². The Balaban J connectivity index is 3.00. The molecule has 0 bridgehead atoms. The van der Waals surface area contributed by atoms with Crippen LogP contribution in [0.4, 0.5) is 0 Å². The summed E-state index contributed by atoms with van der Waals surface area (Å²) in [6.07, 6.45) is 1.21. The molecule has 0 aliphatic rings. The lowest BCUT2D eigenvalue weighted by Gasteiger charge is -2.11. The third-order valence-electron chi connectivity index (χ3n) is 2.17. The summed E-state index contributed by atoms with van der Waals surface area (Å²) in [6, 6.07) is 5.91. The van der Waals surface area contributed by atoms with E-state index >= 15 is 0 Å². The first-order valence-electron chi connectivity index (χ1n) is 5.15. The zero-order valence-corrected chi connectivity index (χ0v) is 12.7. The molecule has 1 aromatic rings. The lowest BCUT2D eigenvalue weighted by Crippen LogP contribution is -2.22. The Morgan fingerprint density at radius 3 is 1.95 bits per heavy atom. The van der Waals surface area contributed by atoms with Crippen molar-refractivity contribution in [2.75, 3.05) is 27.5 Å². The summed E-state index contributed by atoms with van der Waals surface area (Å²) < 4.78 is 49.3. The smallest absolute Gasteiger partial charge is 0.437 e. The Bertz CT molecular complexity index is 643. The predicted molar refractivity (Wildman–Crippen MR) is 72.7 cm³/mol. The van der Waals surface area contributed by atoms with E-state index < -0.39 is 20.2 Å². The van der Waals surface area contributed by atoms with Crippen LogP contribution < -0.4 is 8.92 Å². The summed E-state index contributed by atoms with van der Waals surface area (Å²) in [6.45, 7) is 0. The van der Waals surface area contributed by atoms with Crippen molar-refractivity contribution >= 4 is 20.2 Å². The number of hydrogen-bond donors (Lipinski definition) is 0. The minimum atomic E-state index is -4.29. The first-order chi connectivity index (χ1) is 8.66. The second-order valence-corrected chi connectivity index (χ2v) is 7.71. The lowest BCUT2D eigenvalue weighted by molar-refractivity contribution is 0.413. The summed E-state index contributed by atoms with van der Waals surface area (Å²) in [5, 5.41) is 0. The van der Waals surface area contributed by atoms with Crippen LogP contribution in [0, 0.1) is 0 Å². The van der Waals surface area contributed by atoms with Gasteiger partial charge in [-0.05, 0) is 24.3 Å². The Kier molecular flexibility index (Phi) is 4.77. The van der Waals surface area contributed by atoms with Gasteiger partial charge in [-0.25, -0.2) is 8.51 Å². The van der Waals surface area contributed by atoms with Crippen molar-refractivity contribution in [1.29, 1.82) is 0 Å². The number of rotatable bonds is 5. The van der Waals surface area contributed by atoms with Crippen LogP contribution in [0.3, 0.4) is 0 Å². The van der Waals surface area contributed by atoms with Gasteiger partial charge in [0.1, 0.15) is 21.4 Å². The number of nitrogens with zero attached hydrogens (tertiary/aromatic N) is 2. The van der Waals surface area contributed by atoms with Gasteiger partial charge in [-0.1, -0.05) is 3.77 Å². The fraction of sp³-hybridized carbons (Fsp3) is 0.400. The van der Waals surface area contributed by atoms with Gasteiger partial charge in [-0.2, -0.15) is 8.42 Å². The van der Waals surface area contributed by atoms with Crippen LogP contribution in [0.15, 0.2) is 28.0 Å². The van der Waals surface area contributed by atoms with E-state index in [1.165, 1.54) is 43.9 Å². The van der Waals surface area contributed by atoms with E-state index in [0.717, 1.165) is 0 Å². The van der Waals surface area contributed by atoms with Gasteiger partial charge in [0.2, 0.25) is 0 Å². The van der Waals surface area contributed by atoms with Crippen LogP contribution in [0.2, 0.25) is 0 Å². The molecule has 0 amide bonds. The average molecular weight is 308 g/mol. The molecule has 1 unspecified atom stereocenters. The van der Waals surface area contributed by atoms with E-state index in [0.29, 0.717) is 5.75 Å². The van der Waals surface area contributed by atoms with Gasteiger partial charge in [-0.15, -0.1) is 0 Å². The molecule has 1 atom stereocenters.